The monoisotopic (exact) mass is 402 g/mol. The van der Waals surface area contributed by atoms with Gasteiger partial charge in [0.2, 0.25) is 0 Å². The van der Waals surface area contributed by atoms with Gasteiger partial charge in [0, 0.05) is 26.2 Å². The van der Waals surface area contributed by atoms with Gasteiger partial charge in [0.1, 0.15) is 5.60 Å². The SMILES string of the molecule is CC(C)(C)OC(=O)N1CCN(c2cnnc(S(=O)Cc3ccccc3)c2)CC1. The Morgan fingerprint density at radius 1 is 1.14 bits per heavy atom. The standard InChI is InChI=1S/C20H26N4O3S/c1-20(2,3)27-19(25)24-11-9-23(10-12-24)17-13-18(22-21-14-17)28(26)15-16-7-5-4-6-8-16/h4-8,13-14H,9-12,15H2,1-3H3. The Bertz CT molecular complexity index is 831. The fourth-order valence-corrected chi connectivity index (χ4v) is 3.93. The third kappa shape index (κ3) is 5.51. The van der Waals surface area contributed by atoms with Gasteiger partial charge in [-0.1, -0.05) is 30.3 Å². The third-order valence-electron chi connectivity index (χ3n) is 4.29. The molecule has 1 fully saturated rings. The normalized spacial score (nSPS) is 16.0. The van der Waals surface area contributed by atoms with Crippen LogP contribution >= 0.6 is 0 Å². The Balaban J connectivity index is 1.60. The fourth-order valence-electron chi connectivity index (χ4n) is 2.90. The summed E-state index contributed by atoms with van der Waals surface area (Å²) in [6.07, 6.45) is 1.39. The number of piperazine rings is 1. The molecule has 2 heterocycles. The number of carbonyl (C=O) groups excluding carboxylic acids is 1. The quantitative estimate of drug-likeness (QED) is 0.783. The van der Waals surface area contributed by atoms with Gasteiger partial charge in [0.15, 0.2) is 5.03 Å². The molecule has 7 nitrogen and oxygen atoms in total. The molecule has 1 aromatic carbocycles. The van der Waals surface area contributed by atoms with Crippen molar-refractivity contribution in [3.05, 3.63) is 48.2 Å². The molecule has 1 aliphatic heterocycles. The molecular weight excluding hydrogens is 376 g/mol. The van der Waals surface area contributed by atoms with E-state index in [1.807, 2.05) is 57.2 Å². The van der Waals surface area contributed by atoms with Gasteiger partial charge in [-0.3, -0.25) is 4.21 Å². The molecule has 1 unspecified atom stereocenters. The number of hydrogen-bond acceptors (Lipinski definition) is 6. The first kappa shape index (κ1) is 20.3. The van der Waals surface area contributed by atoms with Crippen LogP contribution in [0.3, 0.4) is 0 Å². The molecule has 8 heteroatoms. The van der Waals surface area contributed by atoms with E-state index < -0.39 is 16.4 Å². The van der Waals surface area contributed by atoms with E-state index >= 15 is 0 Å². The summed E-state index contributed by atoms with van der Waals surface area (Å²) in [4.78, 5) is 16.0. The van der Waals surface area contributed by atoms with Crippen LogP contribution in [-0.4, -0.2) is 57.2 Å². The summed E-state index contributed by atoms with van der Waals surface area (Å²) in [6.45, 7) is 8.05. The Hall–Kier alpha value is -2.48. The maximum absolute atomic E-state index is 12.6. The number of ether oxygens (including phenoxy) is 1. The molecule has 0 saturated carbocycles. The summed E-state index contributed by atoms with van der Waals surface area (Å²) < 4.78 is 18.1. The number of amides is 1. The highest BCUT2D eigenvalue weighted by molar-refractivity contribution is 7.84. The average Bonchev–Trinajstić information content (AvgIpc) is 2.68. The first-order valence-electron chi connectivity index (χ1n) is 9.30. The molecule has 0 N–H and O–H groups in total. The Kier molecular flexibility index (Phi) is 6.28. The van der Waals surface area contributed by atoms with Gasteiger partial charge in [-0.25, -0.2) is 4.79 Å². The number of hydrogen-bond donors (Lipinski definition) is 0. The van der Waals surface area contributed by atoms with E-state index in [1.165, 1.54) is 0 Å². The van der Waals surface area contributed by atoms with Gasteiger partial charge >= 0.3 is 6.09 Å². The highest BCUT2D eigenvalue weighted by Crippen LogP contribution is 2.20. The summed E-state index contributed by atoms with van der Waals surface area (Å²) in [5.74, 6) is 0.408. The molecule has 1 atom stereocenters. The highest BCUT2D eigenvalue weighted by atomic mass is 32.2. The molecular formula is C20H26N4O3S. The smallest absolute Gasteiger partial charge is 0.410 e. The zero-order valence-corrected chi connectivity index (χ0v) is 17.3. The van der Waals surface area contributed by atoms with Crippen molar-refractivity contribution in [1.82, 2.24) is 15.1 Å². The third-order valence-corrected chi connectivity index (χ3v) is 5.55. The molecule has 0 bridgehead atoms. The van der Waals surface area contributed by atoms with Crippen molar-refractivity contribution >= 4 is 22.6 Å². The van der Waals surface area contributed by atoms with E-state index in [0.717, 1.165) is 11.3 Å². The molecule has 1 aromatic heterocycles. The zero-order valence-electron chi connectivity index (χ0n) is 16.5. The van der Waals surface area contributed by atoms with Gasteiger partial charge in [0.25, 0.3) is 0 Å². The Morgan fingerprint density at radius 3 is 2.46 bits per heavy atom. The predicted octanol–water partition coefficient (Wildman–Crippen LogP) is 2.84. The van der Waals surface area contributed by atoms with Gasteiger partial charge in [-0.2, -0.15) is 5.10 Å². The second-order valence-corrected chi connectivity index (χ2v) is 9.08. The number of nitrogens with zero attached hydrogens (tertiary/aromatic N) is 4. The number of carbonyl (C=O) groups is 1. The molecule has 28 heavy (non-hydrogen) atoms. The first-order chi connectivity index (χ1) is 13.3. The van der Waals surface area contributed by atoms with Crippen molar-refractivity contribution in [2.24, 2.45) is 0 Å². The minimum absolute atomic E-state index is 0.287. The number of benzene rings is 1. The number of aromatic nitrogens is 2. The minimum atomic E-state index is -1.26. The Labute approximate surface area is 168 Å². The lowest BCUT2D eigenvalue weighted by molar-refractivity contribution is 0.0240. The van der Waals surface area contributed by atoms with Crippen molar-refractivity contribution in [3.63, 3.8) is 0 Å². The molecule has 1 aliphatic rings. The zero-order chi connectivity index (χ0) is 20.1. The summed E-state index contributed by atoms with van der Waals surface area (Å²) in [6, 6.07) is 11.5. The largest absolute Gasteiger partial charge is 0.444 e. The van der Waals surface area contributed by atoms with E-state index in [9.17, 15) is 9.00 Å². The second kappa shape index (κ2) is 8.68. The van der Waals surface area contributed by atoms with Crippen LogP contribution in [0.2, 0.25) is 0 Å². The van der Waals surface area contributed by atoms with Crippen molar-refractivity contribution in [1.29, 1.82) is 0 Å². The van der Waals surface area contributed by atoms with Crippen molar-refractivity contribution < 1.29 is 13.7 Å². The van der Waals surface area contributed by atoms with Gasteiger partial charge in [-0.05, 0) is 32.4 Å². The van der Waals surface area contributed by atoms with Crippen LogP contribution < -0.4 is 4.90 Å². The van der Waals surface area contributed by atoms with Crippen LogP contribution in [0.4, 0.5) is 10.5 Å². The fraction of sp³-hybridized carbons (Fsp3) is 0.450. The van der Waals surface area contributed by atoms with Crippen LogP contribution in [0.1, 0.15) is 26.3 Å². The van der Waals surface area contributed by atoms with Crippen LogP contribution in [0.15, 0.2) is 47.6 Å². The Morgan fingerprint density at radius 2 is 1.82 bits per heavy atom. The molecule has 1 saturated heterocycles. The second-order valence-electron chi connectivity index (χ2n) is 7.68. The lowest BCUT2D eigenvalue weighted by atomic mass is 10.2. The van der Waals surface area contributed by atoms with Gasteiger partial charge < -0.3 is 14.5 Å². The molecule has 2 aromatic rings. The molecule has 1 amide bonds. The van der Waals surface area contributed by atoms with Crippen LogP contribution in [0.25, 0.3) is 0 Å². The van der Waals surface area contributed by atoms with Gasteiger partial charge in [0.05, 0.1) is 28.4 Å². The van der Waals surface area contributed by atoms with Crippen LogP contribution in [0.5, 0.6) is 0 Å². The summed E-state index contributed by atoms with van der Waals surface area (Å²) in [5, 5.41) is 8.56. The van der Waals surface area contributed by atoms with Crippen molar-refractivity contribution in [2.75, 3.05) is 31.1 Å². The summed E-state index contributed by atoms with van der Waals surface area (Å²) in [5.41, 5.74) is 1.37. The maximum atomic E-state index is 12.6. The summed E-state index contributed by atoms with van der Waals surface area (Å²) >= 11 is 0. The van der Waals surface area contributed by atoms with E-state index in [4.69, 9.17) is 4.74 Å². The highest BCUT2D eigenvalue weighted by Gasteiger charge is 2.26. The van der Waals surface area contributed by atoms with E-state index in [0.29, 0.717) is 37.0 Å². The number of anilines is 1. The average molecular weight is 403 g/mol. The lowest BCUT2D eigenvalue weighted by Crippen LogP contribution is -2.50. The minimum Gasteiger partial charge on any atom is -0.444 e. The first-order valence-corrected chi connectivity index (χ1v) is 10.6. The van der Waals surface area contributed by atoms with E-state index in [2.05, 4.69) is 15.1 Å². The lowest BCUT2D eigenvalue weighted by Gasteiger charge is -2.36. The molecule has 0 radical (unpaired) electrons. The molecule has 0 spiro atoms. The van der Waals surface area contributed by atoms with Crippen molar-refractivity contribution in [3.8, 4) is 0 Å². The molecule has 3 rings (SSSR count). The topological polar surface area (TPSA) is 75.6 Å². The van der Waals surface area contributed by atoms with Gasteiger partial charge in [-0.15, -0.1) is 5.10 Å². The summed E-state index contributed by atoms with van der Waals surface area (Å²) in [7, 11) is -1.26. The van der Waals surface area contributed by atoms with E-state index in [-0.39, 0.29) is 6.09 Å². The molecule has 0 aliphatic carbocycles. The molecule has 150 valence electrons. The van der Waals surface area contributed by atoms with Crippen molar-refractivity contribution in [2.45, 2.75) is 37.2 Å². The maximum Gasteiger partial charge on any atom is 0.410 e. The van der Waals surface area contributed by atoms with Crippen LogP contribution in [-0.2, 0) is 21.3 Å². The van der Waals surface area contributed by atoms with E-state index in [1.54, 1.807) is 11.1 Å². The predicted molar refractivity (Wildman–Crippen MR) is 109 cm³/mol. The number of rotatable bonds is 4. The van der Waals surface area contributed by atoms with Crippen LogP contribution in [0, 0.1) is 0 Å².